The van der Waals surface area contributed by atoms with E-state index in [0.29, 0.717) is 33.8 Å². The van der Waals surface area contributed by atoms with Crippen molar-refractivity contribution in [3.8, 4) is 11.1 Å². The predicted molar refractivity (Wildman–Crippen MR) is 125 cm³/mol. The number of anilines is 1. The van der Waals surface area contributed by atoms with Crippen molar-refractivity contribution in [3.05, 3.63) is 45.9 Å². The van der Waals surface area contributed by atoms with Crippen molar-refractivity contribution in [2.24, 2.45) is 5.73 Å². The second-order valence-corrected chi connectivity index (χ2v) is 8.97. The van der Waals surface area contributed by atoms with Gasteiger partial charge in [-0.3, -0.25) is 19.0 Å². The maximum atomic E-state index is 13.7. The largest absolute Gasteiger partial charge is 0.365 e. The predicted octanol–water partition coefficient (Wildman–Crippen LogP) is 4.57. The topological polar surface area (TPSA) is 121 Å². The summed E-state index contributed by atoms with van der Waals surface area (Å²) in [5.41, 5.74) is 6.77. The van der Waals surface area contributed by atoms with Gasteiger partial charge in [-0.25, -0.2) is 13.8 Å². The van der Waals surface area contributed by atoms with Crippen molar-refractivity contribution < 1.29 is 18.4 Å². The number of alkyl halides is 2. The van der Waals surface area contributed by atoms with Gasteiger partial charge in [-0.1, -0.05) is 11.6 Å². The zero-order valence-corrected chi connectivity index (χ0v) is 19.9. The molecule has 1 atom stereocenters. The Kier molecular flexibility index (Phi) is 6.36. The zero-order chi connectivity index (χ0) is 24.7. The number of aryl methyl sites for hydroxylation is 2. The third-order valence-corrected chi connectivity index (χ3v) is 6.58. The van der Waals surface area contributed by atoms with Crippen LogP contribution in [0.25, 0.3) is 21.3 Å². The molecule has 0 aliphatic carbocycles. The molecule has 4 aromatic rings. The molecule has 2 amide bonds. The number of nitrogens with zero attached hydrogens (tertiary/aromatic N) is 5. The van der Waals surface area contributed by atoms with Crippen LogP contribution < -0.4 is 11.1 Å². The molecule has 0 aliphatic heterocycles. The number of rotatable bonds is 7. The van der Waals surface area contributed by atoms with E-state index in [-0.39, 0.29) is 15.4 Å². The standard InChI is InChI=1S/C21H20ClF2N7O2S/c1-4-30-8-13(9(2)29-30)12-5-14(18(23)24)27-21-15(12)16(17(34-21)19(25)32)28-20(33)10(3)31-7-11(22)6-26-31/h5-8,10,18H,4H2,1-3H3,(H2,25,32)(H,28,33). The number of hydrogen-bond acceptors (Lipinski definition) is 6. The Labute approximate surface area is 201 Å². The summed E-state index contributed by atoms with van der Waals surface area (Å²) in [5, 5.41) is 11.9. The molecule has 0 aromatic carbocycles. The van der Waals surface area contributed by atoms with E-state index >= 15 is 0 Å². The number of carbonyl (C=O) groups excluding carboxylic acids is 2. The van der Waals surface area contributed by atoms with E-state index in [4.69, 9.17) is 17.3 Å². The van der Waals surface area contributed by atoms with E-state index in [1.54, 1.807) is 24.7 Å². The van der Waals surface area contributed by atoms with Crippen LogP contribution in [0, 0.1) is 6.92 Å². The van der Waals surface area contributed by atoms with Gasteiger partial charge >= 0.3 is 0 Å². The fourth-order valence-electron chi connectivity index (χ4n) is 3.55. The number of halogens is 3. The van der Waals surface area contributed by atoms with Gasteiger partial charge in [-0.15, -0.1) is 11.3 Å². The van der Waals surface area contributed by atoms with Gasteiger partial charge in [0.15, 0.2) is 0 Å². The summed E-state index contributed by atoms with van der Waals surface area (Å²) in [7, 11) is 0. The minimum absolute atomic E-state index is 0.00486. The molecule has 0 saturated carbocycles. The molecule has 3 N–H and O–H groups in total. The summed E-state index contributed by atoms with van der Waals surface area (Å²) in [6.45, 7) is 5.81. The number of nitrogens with one attached hydrogen (secondary N) is 1. The summed E-state index contributed by atoms with van der Waals surface area (Å²) < 4.78 is 30.4. The lowest BCUT2D eigenvalue weighted by Crippen LogP contribution is -2.25. The molecular formula is C21H20ClF2N7O2S. The Balaban J connectivity index is 1.93. The number of primary amides is 1. The number of hydrogen-bond donors (Lipinski definition) is 2. The molecule has 0 spiro atoms. The summed E-state index contributed by atoms with van der Waals surface area (Å²) in [6, 6.07) is 0.463. The summed E-state index contributed by atoms with van der Waals surface area (Å²) in [5.74, 6) is -1.33. The van der Waals surface area contributed by atoms with Crippen LogP contribution in [0.2, 0.25) is 5.02 Å². The zero-order valence-electron chi connectivity index (χ0n) is 18.3. The molecule has 4 heterocycles. The van der Waals surface area contributed by atoms with Crippen molar-refractivity contribution in [1.82, 2.24) is 24.5 Å². The first kappa shape index (κ1) is 23.8. The fourth-order valence-corrected chi connectivity index (χ4v) is 4.71. The minimum atomic E-state index is -2.84. The van der Waals surface area contributed by atoms with Crippen molar-refractivity contribution in [2.45, 2.75) is 39.8 Å². The van der Waals surface area contributed by atoms with Crippen molar-refractivity contribution in [3.63, 3.8) is 0 Å². The third-order valence-electron chi connectivity index (χ3n) is 5.28. The highest BCUT2D eigenvalue weighted by molar-refractivity contribution is 7.21. The minimum Gasteiger partial charge on any atom is -0.365 e. The van der Waals surface area contributed by atoms with Crippen LogP contribution >= 0.6 is 22.9 Å². The lowest BCUT2D eigenvalue weighted by atomic mass is 10.0. The lowest BCUT2D eigenvalue weighted by Gasteiger charge is -2.14. The molecule has 0 fully saturated rings. The number of aromatic nitrogens is 5. The van der Waals surface area contributed by atoms with Crippen LogP contribution in [0.1, 0.15) is 47.4 Å². The first-order valence-electron chi connectivity index (χ1n) is 10.2. The van der Waals surface area contributed by atoms with Gasteiger partial charge in [0.1, 0.15) is 21.4 Å². The second kappa shape index (κ2) is 9.11. The van der Waals surface area contributed by atoms with Crippen LogP contribution in [-0.4, -0.2) is 36.4 Å². The maximum absolute atomic E-state index is 13.7. The third kappa shape index (κ3) is 4.26. The van der Waals surface area contributed by atoms with E-state index in [9.17, 15) is 18.4 Å². The average molecular weight is 508 g/mol. The number of amides is 2. The maximum Gasteiger partial charge on any atom is 0.280 e. The van der Waals surface area contributed by atoms with Gasteiger partial charge in [-0.2, -0.15) is 10.2 Å². The number of pyridine rings is 1. The quantitative estimate of drug-likeness (QED) is 0.379. The van der Waals surface area contributed by atoms with Crippen LogP contribution in [0.3, 0.4) is 0 Å². The molecule has 0 aliphatic rings. The van der Waals surface area contributed by atoms with Gasteiger partial charge in [0.2, 0.25) is 5.91 Å². The van der Waals surface area contributed by atoms with E-state index in [1.807, 2.05) is 6.92 Å². The monoisotopic (exact) mass is 507 g/mol. The Morgan fingerprint density at radius 3 is 2.59 bits per heavy atom. The fraction of sp³-hybridized carbons (Fsp3) is 0.286. The Morgan fingerprint density at radius 2 is 2.03 bits per heavy atom. The average Bonchev–Trinajstić information content (AvgIpc) is 3.49. The Bertz CT molecular complexity index is 1410. The molecule has 0 saturated heterocycles. The van der Waals surface area contributed by atoms with Crippen LogP contribution in [0.15, 0.2) is 24.7 Å². The highest BCUT2D eigenvalue weighted by Gasteiger charge is 2.27. The molecule has 4 rings (SSSR count). The first-order valence-corrected chi connectivity index (χ1v) is 11.4. The Hall–Kier alpha value is -3.38. The molecule has 1 unspecified atom stereocenters. The summed E-state index contributed by atoms with van der Waals surface area (Å²) in [4.78, 5) is 29.5. The molecule has 4 aromatic heterocycles. The van der Waals surface area contributed by atoms with Crippen molar-refractivity contribution >= 4 is 50.7 Å². The smallest absolute Gasteiger partial charge is 0.280 e. The summed E-state index contributed by atoms with van der Waals surface area (Å²) >= 11 is 6.74. The highest BCUT2D eigenvalue weighted by Crippen LogP contribution is 2.43. The Morgan fingerprint density at radius 1 is 1.29 bits per heavy atom. The number of carbonyl (C=O) groups is 2. The van der Waals surface area contributed by atoms with Crippen LogP contribution in [-0.2, 0) is 11.3 Å². The number of thiophene rings is 1. The van der Waals surface area contributed by atoms with Crippen LogP contribution in [0.4, 0.5) is 14.5 Å². The van der Waals surface area contributed by atoms with Crippen molar-refractivity contribution in [2.75, 3.05) is 5.32 Å². The molecular weight excluding hydrogens is 488 g/mol. The first-order chi connectivity index (χ1) is 16.1. The van der Waals surface area contributed by atoms with Crippen molar-refractivity contribution in [1.29, 1.82) is 0 Å². The second-order valence-electron chi connectivity index (χ2n) is 7.53. The molecule has 0 bridgehead atoms. The highest BCUT2D eigenvalue weighted by atomic mass is 35.5. The molecule has 13 heteroatoms. The van der Waals surface area contributed by atoms with E-state index in [0.717, 1.165) is 11.3 Å². The molecule has 0 radical (unpaired) electrons. The number of nitrogens with two attached hydrogens (primary N) is 1. The van der Waals surface area contributed by atoms with E-state index < -0.39 is 30.0 Å². The summed E-state index contributed by atoms with van der Waals surface area (Å²) in [6.07, 6.45) is 1.76. The molecule has 178 valence electrons. The van der Waals surface area contributed by atoms with E-state index in [1.165, 1.54) is 23.1 Å². The lowest BCUT2D eigenvalue weighted by molar-refractivity contribution is -0.119. The number of fused-ring (bicyclic) bond motifs is 1. The molecule has 34 heavy (non-hydrogen) atoms. The van der Waals surface area contributed by atoms with Gasteiger partial charge in [0.05, 0.1) is 22.6 Å². The van der Waals surface area contributed by atoms with Gasteiger partial charge in [0.25, 0.3) is 12.3 Å². The van der Waals surface area contributed by atoms with E-state index in [2.05, 4.69) is 20.5 Å². The van der Waals surface area contributed by atoms with Gasteiger partial charge in [0, 0.05) is 29.9 Å². The SMILES string of the molecule is CCn1cc(-c2cc(C(F)F)nc3sc(C(N)=O)c(NC(=O)C(C)n4cc(Cl)cn4)c23)c(C)n1. The van der Waals surface area contributed by atoms with Gasteiger partial charge in [-0.05, 0) is 32.4 Å². The normalized spacial score (nSPS) is 12.4. The van der Waals surface area contributed by atoms with Gasteiger partial charge < -0.3 is 11.1 Å². The van der Waals surface area contributed by atoms with Crippen LogP contribution in [0.5, 0.6) is 0 Å². The molecule has 9 nitrogen and oxygen atoms in total.